The summed E-state index contributed by atoms with van der Waals surface area (Å²) in [6.45, 7) is 3.96. The van der Waals surface area contributed by atoms with Crippen molar-refractivity contribution in [1.29, 1.82) is 0 Å². The Labute approximate surface area is 180 Å². The third-order valence-electron chi connectivity index (χ3n) is 5.64. The Morgan fingerprint density at radius 3 is 2.27 bits per heavy atom. The van der Waals surface area contributed by atoms with E-state index in [4.69, 9.17) is 0 Å². The zero-order valence-electron chi connectivity index (χ0n) is 17.1. The van der Waals surface area contributed by atoms with Crippen molar-refractivity contribution in [3.63, 3.8) is 0 Å². The Bertz CT molecular complexity index is 1000. The highest BCUT2D eigenvalue weighted by Crippen LogP contribution is 2.38. The molecule has 0 bridgehead atoms. The number of rotatable bonds is 5. The van der Waals surface area contributed by atoms with Crippen LogP contribution in [0.2, 0.25) is 0 Å². The third-order valence-corrected chi connectivity index (χ3v) is 6.65. The van der Waals surface area contributed by atoms with Gasteiger partial charge in [0.15, 0.2) is 0 Å². The Hall–Kier alpha value is -2.86. The molecule has 1 aliphatic heterocycles. The van der Waals surface area contributed by atoms with Gasteiger partial charge in [0.2, 0.25) is 17.7 Å². The van der Waals surface area contributed by atoms with Crippen LogP contribution in [0, 0.1) is 25.7 Å². The van der Waals surface area contributed by atoms with Crippen molar-refractivity contribution in [2.45, 2.75) is 31.6 Å². The maximum absolute atomic E-state index is 12.7. The van der Waals surface area contributed by atoms with Crippen molar-refractivity contribution in [1.82, 2.24) is 0 Å². The summed E-state index contributed by atoms with van der Waals surface area (Å²) in [5.41, 5.74) is 3.56. The number of aryl methyl sites for hydroxylation is 2. The van der Waals surface area contributed by atoms with Gasteiger partial charge in [0, 0.05) is 10.6 Å². The maximum Gasteiger partial charge on any atom is 0.238 e. The molecular weight excluding hydrogens is 396 g/mol. The SMILES string of the molecule is Cc1ccc(C)c(NC(=O)CSc2ccc(N3C(=O)[C@H]4CC=CC[C@@H]4C3=O)cc2)c1. The molecule has 0 radical (unpaired) electrons. The van der Waals surface area contributed by atoms with Crippen molar-refractivity contribution < 1.29 is 14.4 Å². The first kappa shape index (κ1) is 20.4. The molecule has 30 heavy (non-hydrogen) atoms. The molecule has 0 aromatic heterocycles. The van der Waals surface area contributed by atoms with Crippen LogP contribution in [0.4, 0.5) is 11.4 Å². The van der Waals surface area contributed by atoms with Gasteiger partial charge in [-0.15, -0.1) is 11.8 Å². The fourth-order valence-electron chi connectivity index (χ4n) is 3.95. The van der Waals surface area contributed by atoms with E-state index in [-0.39, 0.29) is 35.3 Å². The second kappa shape index (κ2) is 8.48. The molecule has 2 aromatic carbocycles. The number of fused-ring (bicyclic) bond motifs is 1. The number of imide groups is 1. The first-order chi connectivity index (χ1) is 14.4. The van der Waals surface area contributed by atoms with E-state index in [1.54, 1.807) is 12.1 Å². The summed E-state index contributed by atoms with van der Waals surface area (Å²) in [5, 5.41) is 2.95. The van der Waals surface area contributed by atoms with Crippen LogP contribution in [-0.4, -0.2) is 23.5 Å². The number of nitrogens with one attached hydrogen (secondary N) is 1. The van der Waals surface area contributed by atoms with Crippen LogP contribution in [0.1, 0.15) is 24.0 Å². The highest BCUT2D eigenvalue weighted by Gasteiger charge is 2.47. The van der Waals surface area contributed by atoms with E-state index in [0.29, 0.717) is 18.5 Å². The monoisotopic (exact) mass is 420 g/mol. The lowest BCUT2D eigenvalue weighted by Crippen LogP contribution is -2.30. The summed E-state index contributed by atoms with van der Waals surface area (Å²) in [7, 11) is 0. The average molecular weight is 421 g/mol. The molecular formula is C24H24N2O3S. The summed E-state index contributed by atoms with van der Waals surface area (Å²) >= 11 is 1.42. The van der Waals surface area contributed by atoms with Gasteiger partial charge in [-0.3, -0.25) is 19.3 Å². The third kappa shape index (κ3) is 4.05. The largest absolute Gasteiger partial charge is 0.325 e. The average Bonchev–Trinajstić information content (AvgIpc) is 3.00. The lowest BCUT2D eigenvalue weighted by molar-refractivity contribution is -0.122. The van der Waals surface area contributed by atoms with Gasteiger partial charge in [-0.05, 0) is 68.1 Å². The van der Waals surface area contributed by atoms with E-state index in [2.05, 4.69) is 5.32 Å². The number of carbonyl (C=O) groups excluding carboxylic acids is 3. The van der Waals surface area contributed by atoms with E-state index < -0.39 is 0 Å². The van der Waals surface area contributed by atoms with E-state index in [0.717, 1.165) is 21.7 Å². The molecule has 0 unspecified atom stereocenters. The van der Waals surface area contributed by atoms with E-state index in [1.807, 2.05) is 56.3 Å². The number of carbonyl (C=O) groups is 3. The van der Waals surface area contributed by atoms with Crippen LogP contribution in [0.15, 0.2) is 59.5 Å². The number of hydrogen-bond donors (Lipinski definition) is 1. The second-order valence-electron chi connectivity index (χ2n) is 7.82. The van der Waals surface area contributed by atoms with Crippen LogP contribution < -0.4 is 10.2 Å². The highest BCUT2D eigenvalue weighted by atomic mass is 32.2. The lowest BCUT2D eigenvalue weighted by Gasteiger charge is -2.15. The molecule has 6 heteroatoms. The minimum absolute atomic E-state index is 0.0701. The first-order valence-corrected chi connectivity index (χ1v) is 11.1. The lowest BCUT2D eigenvalue weighted by atomic mass is 9.85. The first-order valence-electron chi connectivity index (χ1n) is 10.1. The molecule has 1 aliphatic carbocycles. The molecule has 1 N–H and O–H groups in total. The van der Waals surface area contributed by atoms with E-state index in [9.17, 15) is 14.4 Å². The van der Waals surface area contributed by atoms with Crippen molar-refractivity contribution in [2.75, 3.05) is 16.0 Å². The Morgan fingerprint density at radius 2 is 1.63 bits per heavy atom. The molecule has 1 fully saturated rings. The van der Waals surface area contributed by atoms with Gasteiger partial charge in [-0.2, -0.15) is 0 Å². The Balaban J connectivity index is 1.37. The second-order valence-corrected chi connectivity index (χ2v) is 8.87. The molecule has 1 heterocycles. The molecule has 0 saturated carbocycles. The molecule has 1 saturated heterocycles. The number of benzene rings is 2. The van der Waals surface area contributed by atoms with Gasteiger partial charge in [-0.1, -0.05) is 24.3 Å². The van der Waals surface area contributed by atoms with Crippen molar-refractivity contribution in [2.24, 2.45) is 11.8 Å². The number of anilines is 2. The topological polar surface area (TPSA) is 66.5 Å². The van der Waals surface area contributed by atoms with Crippen LogP contribution >= 0.6 is 11.8 Å². The molecule has 0 spiro atoms. The van der Waals surface area contributed by atoms with Gasteiger partial charge in [-0.25, -0.2) is 0 Å². The molecule has 2 atom stereocenters. The van der Waals surface area contributed by atoms with Crippen molar-refractivity contribution in [3.8, 4) is 0 Å². The van der Waals surface area contributed by atoms with Gasteiger partial charge < -0.3 is 5.32 Å². The zero-order valence-corrected chi connectivity index (χ0v) is 17.9. The number of amides is 3. The summed E-state index contributed by atoms with van der Waals surface area (Å²) in [5.74, 6) is -0.468. The Kier molecular flexibility index (Phi) is 5.77. The fraction of sp³-hybridized carbons (Fsp3) is 0.292. The van der Waals surface area contributed by atoms with Crippen molar-refractivity contribution in [3.05, 3.63) is 65.7 Å². The number of thioether (sulfide) groups is 1. The van der Waals surface area contributed by atoms with Gasteiger partial charge in [0.1, 0.15) is 0 Å². The fourth-order valence-corrected chi connectivity index (χ4v) is 4.65. The quantitative estimate of drug-likeness (QED) is 0.440. The molecule has 4 rings (SSSR count). The maximum atomic E-state index is 12.7. The number of hydrogen-bond acceptors (Lipinski definition) is 4. The van der Waals surface area contributed by atoms with Crippen LogP contribution in [0.25, 0.3) is 0 Å². The van der Waals surface area contributed by atoms with Crippen molar-refractivity contribution >= 4 is 40.9 Å². The minimum atomic E-state index is -0.231. The molecule has 154 valence electrons. The normalized spacial score (nSPS) is 20.4. The van der Waals surface area contributed by atoms with E-state index in [1.165, 1.54) is 16.7 Å². The van der Waals surface area contributed by atoms with Crippen LogP contribution in [0.3, 0.4) is 0 Å². The van der Waals surface area contributed by atoms with Gasteiger partial charge in [0.05, 0.1) is 23.3 Å². The van der Waals surface area contributed by atoms with Crippen LogP contribution in [0.5, 0.6) is 0 Å². The standard InChI is InChI=1S/C24H24N2O3S/c1-15-7-8-16(2)21(13-15)25-22(27)14-30-18-11-9-17(10-12-18)26-23(28)19-5-3-4-6-20(19)24(26)29/h3-4,7-13,19-20H,5-6,14H2,1-2H3,(H,25,27)/t19-,20-/m0/s1. The minimum Gasteiger partial charge on any atom is -0.325 e. The summed E-state index contributed by atoms with van der Waals surface area (Å²) in [6, 6.07) is 13.2. The highest BCUT2D eigenvalue weighted by molar-refractivity contribution is 8.00. The zero-order chi connectivity index (χ0) is 21.3. The molecule has 2 aliphatic rings. The smallest absolute Gasteiger partial charge is 0.238 e. The Morgan fingerprint density at radius 1 is 1.00 bits per heavy atom. The van der Waals surface area contributed by atoms with Crippen LogP contribution in [-0.2, 0) is 14.4 Å². The molecule has 2 aromatic rings. The summed E-state index contributed by atoms with van der Waals surface area (Å²) < 4.78 is 0. The number of allylic oxidation sites excluding steroid dienone is 2. The number of nitrogens with zero attached hydrogens (tertiary/aromatic N) is 1. The predicted molar refractivity (Wildman–Crippen MR) is 120 cm³/mol. The van der Waals surface area contributed by atoms with Gasteiger partial charge >= 0.3 is 0 Å². The van der Waals surface area contributed by atoms with Gasteiger partial charge in [0.25, 0.3) is 0 Å². The molecule has 3 amide bonds. The summed E-state index contributed by atoms with van der Waals surface area (Å²) in [6.07, 6.45) is 5.24. The molecule has 5 nitrogen and oxygen atoms in total. The predicted octanol–water partition coefficient (Wildman–Crippen LogP) is 4.49. The van der Waals surface area contributed by atoms with E-state index >= 15 is 0 Å². The summed E-state index contributed by atoms with van der Waals surface area (Å²) in [4.78, 5) is 39.9.